The maximum absolute atomic E-state index is 12.7. The van der Waals surface area contributed by atoms with Crippen molar-refractivity contribution in [3.8, 4) is 0 Å². The largest absolute Gasteiger partial charge is 0.366 e. The quantitative estimate of drug-likeness (QED) is 0.478. The van der Waals surface area contributed by atoms with E-state index in [1.165, 1.54) is 12.1 Å². The van der Waals surface area contributed by atoms with Crippen LogP contribution in [0, 0.1) is 5.82 Å². The van der Waals surface area contributed by atoms with Gasteiger partial charge in [-0.05, 0) is 25.1 Å². The van der Waals surface area contributed by atoms with Crippen LogP contribution in [0.3, 0.4) is 0 Å². The Hall–Kier alpha value is -1.38. The molecule has 0 spiro atoms. The molecule has 1 aromatic carbocycles. The van der Waals surface area contributed by atoms with Crippen LogP contribution in [0.4, 0.5) is 10.1 Å². The van der Waals surface area contributed by atoms with Crippen molar-refractivity contribution in [3.05, 3.63) is 30.1 Å². The van der Waals surface area contributed by atoms with Crippen molar-refractivity contribution >= 4 is 11.5 Å². The molecule has 1 aromatic rings. The number of hydrogen-bond acceptors (Lipinski definition) is 1. The average Bonchev–Trinajstić information content (AvgIpc) is 2.04. The number of rotatable bonds is 1. The van der Waals surface area contributed by atoms with Gasteiger partial charge in [0.05, 0.1) is 5.69 Å². The van der Waals surface area contributed by atoms with E-state index in [4.69, 9.17) is 0 Å². The Morgan fingerprint density at radius 1 is 1.38 bits per heavy atom. The van der Waals surface area contributed by atoms with Crippen molar-refractivity contribution < 1.29 is 4.39 Å². The topological polar surface area (TPSA) is 15.6 Å². The first kappa shape index (κ1) is 9.71. The zero-order valence-corrected chi connectivity index (χ0v) is 8.08. The minimum Gasteiger partial charge on any atom is -0.366 e. The molecule has 2 nitrogen and oxygen atoms in total. The number of halogens is 1. The molecule has 0 amide bonds. The molecular formula is C10H13FN2. The Morgan fingerprint density at radius 2 is 2.08 bits per heavy atom. The first-order valence-corrected chi connectivity index (χ1v) is 4.08. The van der Waals surface area contributed by atoms with E-state index in [2.05, 4.69) is 4.99 Å². The molecule has 0 atom stereocenters. The summed E-state index contributed by atoms with van der Waals surface area (Å²) in [5.74, 6) is 0.596. The fraction of sp³-hybridized carbons (Fsp3) is 0.300. The fourth-order valence-corrected chi connectivity index (χ4v) is 0.833. The molecule has 0 fully saturated rings. The minimum absolute atomic E-state index is 0.257. The lowest BCUT2D eigenvalue weighted by atomic mass is 10.3. The van der Waals surface area contributed by atoms with Gasteiger partial charge in [-0.1, -0.05) is 6.07 Å². The van der Waals surface area contributed by atoms with Crippen molar-refractivity contribution in [3.63, 3.8) is 0 Å². The van der Waals surface area contributed by atoms with Crippen LogP contribution < -0.4 is 0 Å². The van der Waals surface area contributed by atoms with E-state index in [-0.39, 0.29) is 5.82 Å². The monoisotopic (exact) mass is 180 g/mol. The fourth-order valence-electron chi connectivity index (χ4n) is 0.833. The van der Waals surface area contributed by atoms with Crippen LogP contribution in [0.15, 0.2) is 29.3 Å². The van der Waals surface area contributed by atoms with Crippen LogP contribution in [0.5, 0.6) is 0 Å². The van der Waals surface area contributed by atoms with Gasteiger partial charge in [-0.2, -0.15) is 0 Å². The lowest BCUT2D eigenvalue weighted by Crippen LogP contribution is -2.17. The second kappa shape index (κ2) is 4.03. The first-order chi connectivity index (χ1) is 6.09. The van der Waals surface area contributed by atoms with Crippen molar-refractivity contribution in [1.82, 2.24) is 4.90 Å². The molecule has 0 aliphatic heterocycles. The molecule has 13 heavy (non-hydrogen) atoms. The molecule has 1 rings (SSSR count). The van der Waals surface area contributed by atoms with E-state index in [9.17, 15) is 4.39 Å². The lowest BCUT2D eigenvalue weighted by molar-refractivity contribution is 0.617. The standard InChI is InChI=1S/C10H13FN2/c1-8(13(2)3)12-10-6-4-5-9(11)7-10/h4-7H,1-3H3. The van der Waals surface area contributed by atoms with E-state index in [0.717, 1.165) is 5.84 Å². The highest BCUT2D eigenvalue weighted by molar-refractivity contribution is 5.81. The molecule has 0 bridgehead atoms. The molecule has 70 valence electrons. The van der Waals surface area contributed by atoms with Crippen molar-refractivity contribution in [2.75, 3.05) is 14.1 Å². The summed E-state index contributed by atoms with van der Waals surface area (Å²) in [6.07, 6.45) is 0. The predicted octanol–water partition coefficient (Wildman–Crippen LogP) is 2.44. The lowest BCUT2D eigenvalue weighted by Gasteiger charge is -2.10. The maximum atomic E-state index is 12.7. The minimum atomic E-state index is -0.257. The van der Waals surface area contributed by atoms with Gasteiger partial charge in [0.1, 0.15) is 11.7 Å². The Balaban J connectivity index is 2.91. The predicted molar refractivity (Wildman–Crippen MR) is 52.9 cm³/mol. The van der Waals surface area contributed by atoms with E-state index in [1.54, 1.807) is 12.1 Å². The molecule has 3 heteroatoms. The van der Waals surface area contributed by atoms with E-state index >= 15 is 0 Å². The summed E-state index contributed by atoms with van der Waals surface area (Å²) in [7, 11) is 3.80. The Kier molecular flexibility index (Phi) is 3.01. The smallest absolute Gasteiger partial charge is 0.125 e. The van der Waals surface area contributed by atoms with Crippen molar-refractivity contribution in [2.24, 2.45) is 4.99 Å². The molecule has 0 aromatic heterocycles. The summed E-state index contributed by atoms with van der Waals surface area (Å²) in [5.41, 5.74) is 0.645. The zero-order valence-electron chi connectivity index (χ0n) is 8.08. The van der Waals surface area contributed by atoms with Crippen LogP contribution in [-0.4, -0.2) is 24.8 Å². The SMILES string of the molecule is CC(=Nc1cccc(F)c1)N(C)C. The van der Waals surface area contributed by atoms with Gasteiger partial charge in [0.2, 0.25) is 0 Å². The summed E-state index contributed by atoms with van der Waals surface area (Å²) >= 11 is 0. The van der Waals surface area contributed by atoms with Crippen LogP contribution in [-0.2, 0) is 0 Å². The van der Waals surface area contributed by atoms with Crippen molar-refractivity contribution in [2.45, 2.75) is 6.92 Å². The second-order valence-electron chi connectivity index (χ2n) is 3.03. The van der Waals surface area contributed by atoms with Crippen LogP contribution in [0.1, 0.15) is 6.92 Å². The van der Waals surface area contributed by atoms with Crippen LogP contribution in [0.2, 0.25) is 0 Å². The number of benzene rings is 1. The summed E-state index contributed by atoms with van der Waals surface area (Å²) in [6, 6.07) is 6.24. The molecule has 0 unspecified atom stereocenters. The van der Waals surface area contributed by atoms with E-state index in [1.807, 2.05) is 25.9 Å². The van der Waals surface area contributed by atoms with Gasteiger partial charge in [0.15, 0.2) is 0 Å². The molecule has 0 aliphatic rings. The van der Waals surface area contributed by atoms with Crippen molar-refractivity contribution in [1.29, 1.82) is 0 Å². The summed E-state index contributed by atoms with van der Waals surface area (Å²) in [6.45, 7) is 1.88. The van der Waals surface area contributed by atoms with E-state index in [0.29, 0.717) is 5.69 Å². The number of amidine groups is 1. The molecule has 0 N–H and O–H groups in total. The van der Waals surface area contributed by atoms with Gasteiger partial charge in [0, 0.05) is 14.1 Å². The van der Waals surface area contributed by atoms with Gasteiger partial charge >= 0.3 is 0 Å². The van der Waals surface area contributed by atoms with Gasteiger partial charge in [-0.3, -0.25) is 0 Å². The van der Waals surface area contributed by atoms with Gasteiger partial charge in [-0.15, -0.1) is 0 Å². The zero-order chi connectivity index (χ0) is 9.84. The van der Waals surface area contributed by atoms with Gasteiger partial charge in [0.25, 0.3) is 0 Å². The Labute approximate surface area is 77.7 Å². The molecule has 0 saturated carbocycles. The summed E-state index contributed by atoms with van der Waals surface area (Å²) in [4.78, 5) is 6.10. The van der Waals surface area contributed by atoms with E-state index < -0.39 is 0 Å². The van der Waals surface area contributed by atoms with Gasteiger partial charge in [-0.25, -0.2) is 9.38 Å². The second-order valence-corrected chi connectivity index (χ2v) is 3.03. The number of hydrogen-bond donors (Lipinski definition) is 0. The van der Waals surface area contributed by atoms with Gasteiger partial charge < -0.3 is 4.90 Å². The first-order valence-electron chi connectivity index (χ1n) is 4.08. The summed E-state index contributed by atoms with van der Waals surface area (Å²) in [5, 5.41) is 0. The van der Waals surface area contributed by atoms with Crippen LogP contribution >= 0.6 is 0 Å². The highest BCUT2D eigenvalue weighted by Gasteiger charge is 1.95. The number of aliphatic imine (C=N–C) groups is 1. The number of nitrogens with zero attached hydrogens (tertiary/aromatic N) is 2. The highest BCUT2D eigenvalue weighted by Crippen LogP contribution is 2.13. The third-order valence-corrected chi connectivity index (χ3v) is 1.75. The maximum Gasteiger partial charge on any atom is 0.125 e. The van der Waals surface area contributed by atoms with Crippen LogP contribution in [0.25, 0.3) is 0 Å². The third-order valence-electron chi connectivity index (χ3n) is 1.75. The highest BCUT2D eigenvalue weighted by atomic mass is 19.1. The Morgan fingerprint density at radius 3 is 2.62 bits per heavy atom. The summed E-state index contributed by atoms with van der Waals surface area (Å²) < 4.78 is 12.7. The Bertz CT molecular complexity index is 318. The normalized spacial score (nSPS) is 11.5. The average molecular weight is 180 g/mol. The molecular weight excluding hydrogens is 167 g/mol. The molecule has 0 radical (unpaired) electrons. The third kappa shape index (κ3) is 2.86. The molecule has 0 heterocycles. The molecule has 0 aliphatic carbocycles. The molecule has 0 saturated heterocycles.